The third-order valence-electron chi connectivity index (χ3n) is 6.40. The monoisotopic (exact) mass is 394 g/mol. The number of aromatic nitrogens is 1. The number of pyridine rings is 1. The van der Waals surface area contributed by atoms with Gasteiger partial charge in [-0.3, -0.25) is 9.69 Å². The number of rotatable bonds is 2. The van der Waals surface area contributed by atoms with E-state index in [0.717, 1.165) is 25.9 Å². The average Bonchev–Trinajstić information content (AvgIpc) is 3.06. The van der Waals surface area contributed by atoms with Crippen LogP contribution in [0.1, 0.15) is 40.7 Å². The molecule has 6 nitrogen and oxygen atoms in total. The quantitative estimate of drug-likeness (QED) is 0.847. The Balaban J connectivity index is 1.68. The lowest BCUT2D eigenvalue weighted by atomic mass is 10.0. The minimum Gasteiger partial charge on any atom is -0.481 e. The summed E-state index contributed by atoms with van der Waals surface area (Å²) in [6.07, 6.45) is 5.06. The van der Waals surface area contributed by atoms with Gasteiger partial charge in [-0.1, -0.05) is 18.2 Å². The van der Waals surface area contributed by atoms with E-state index in [1.165, 1.54) is 23.2 Å². The molecular weight excluding hydrogens is 364 g/mol. The second-order valence-electron chi connectivity index (χ2n) is 8.15. The Morgan fingerprint density at radius 2 is 2.00 bits per heavy atom. The second kappa shape index (κ2) is 8.41. The summed E-state index contributed by atoms with van der Waals surface area (Å²) in [6.45, 7) is 4.40. The lowest BCUT2D eigenvalue weighted by molar-refractivity contribution is 0.0689. The van der Waals surface area contributed by atoms with Gasteiger partial charge in [0.1, 0.15) is 0 Å². The number of nitrogens with zero attached hydrogens (tertiary/aromatic N) is 3. The molecule has 1 saturated heterocycles. The standard InChI is InChI=1S/C23H30N4O2/c1-16-5-4-6-18-14-27(23(28)17-7-10-21(29-3)25-13-17)15-20-9-8-19(26(20)2)11-12-24-22(16)18/h4-7,10,13,19-20,24H,8-9,11-12,14-15H2,1-3H3. The maximum Gasteiger partial charge on any atom is 0.255 e. The highest BCUT2D eigenvalue weighted by atomic mass is 16.5. The molecule has 0 aliphatic carbocycles. The van der Waals surface area contributed by atoms with Crippen molar-refractivity contribution in [3.63, 3.8) is 0 Å². The fourth-order valence-electron chi connectivity index (χ4n) is 4.62. The molecule has 1 fully saturated rings. The predicted octanol–water partition coefficient (Wildman–Crippen LogP) is 3.32. The molecule has 1 amide bonds. The van der Waals surface area contributed by atoms with E-state index in [1.807, 2.05) is 4.90 Å². The number of hydrogen-bond donors (Lipinski definition) is 1. The van der Waals surface area contributed by atoms with Gasteiger partial charge in [-0.15, -0.1) is 0 Å². The zero-order valence-corrected chi connectivity index (χ0v) is 17.5. The summed E-state index contributed by atoms with van der Waals surface area (Å²) in [5.41, 5.74) is 4.15. The number of aryl methyl sites for hydroxylation is 1. The second-order valence-corrected chi connectivity index (χ2v) is 8.15. The number of para-hydroxylation sites is 1. The summed E-state index contributed by atoms with van der Waals surface area (Å²) in [7, 11) is 3.78. The van der Waals surface area contributed by atoms with Crippen molar-refractivity contribution in [2.24, 2.45) is 0 Å². The molecule has 0 spiro atoms. The number of fused-ring (bicyclic) bond motifs is 3. The molecule has 2 bridgehead atoms. The van der Waals surface area contributed by atoms with Crippen LogP contribution in [0.2, 0.25) is 0 Å². The van der Waals surface area contributed by atoms with Gasteiger partial charge in [0, 0.05) is 49.7 Å². The number of hydrogen-bond acceptors (Lipinski definition) is 5. The number of likely N-dealkylation sites (N-methyl/N-ethyl adjacent to an activating group) is 1. The maximum atomic E-state index is 13.4. The Bertz CT molecular complexity index is 868. The predicted molar refractivity (Wildman–Crippen MR) is 114 cm³/mol. The Kier molecular flexibility index (Phi) is 5.72. The van der Waals surface area contributed by atoms with Gasteiger partial charge in [-0.25, -0.2) is 4.98 Å². The summed E-state index contributed by atoms with van der Waals surface area (Å²) in [5.74, 6) is 0.534. The zero-order valence-electron chi connectivity index (χ0n) is 17.5. The molecule has 2 aliphatic rings. The summed E-state index contributed by atoms with van der Waals surface area (Å²) in [6, 6.07) is 10.8. The summed E-state index contributed by atoms with van der Waals surface area (Å²) in [4.78, 5) is 22.1. The van der Waals surface area contributed by atoms with Gasteiger partial charge < -0.3 is 15.0 Å². The molecule has 3 heterocycles. The van der Waals surface area contributed by atoms with Crippen LogP contribution in [0, 0.1) is 6.92 Å². The topological polar surface area (TPSA) is 57.7 Å². The molecule has 2 unspecified atom stereocenters. The van der Waals surface area contributed by atoms with Crippen LogP contribution >= 0.6 is 0 Å². The molecule has 154 valence electrons. The number of anilines is 1. The molecule has 1 aromatic heterocycles. The van der Waals surface area contributed by atoms with Crippen LogP contribution in [-0.2, 0) is 6.54 Å². The smallest absolute Gasteiger partial charge is 0.255 e. The van der Waals surface area contributed by atoms with Gasteiger partial charge >= 0.3 is 0 Å². The first-order chi connectivity index (χ1) is 14.1. The van der Waals surface area contributed by atoms with Crippen LogP contribution in [0.15, 0.2) is 36.5 Å². The minimum absolute atomic E-state index is 0.0173. The fourth-order valence-corrected chi connectivity index (χ4v) is 4.62. The normalized spacial score (nSPS) is 22.4. The highest BCUT2D eigenvalue weighted by Gasteiger charge is 2.33. The van der Waals surface area contributed by atoms with E-state index in [4.69, 9.17) is 4.74 Å². The van der Waals surface area contributed by atoms with Gasteiger partial charge in [-0.05, 0) is 50.4 Å². The molecule has 1 N–H and O–H groups in total. The van der Waals surface area contributed by atoms with Crippen molar-refractivity contribution < 1.29 is 9.53 Å². The van der Waals surface area contributed by atoms with Gasteiger partial charge in [0.15, 0.2) is 0 Å². The summed E-state index contributed by atoms with van der Waals surface area (Å²) >= 11 is 0. The van der Waals surface area contributed by atoms with Crippen molar-refractivity contribution >= 4 is 11.6 Å². The molecule has 4 rings (SSSR count). The van der Waals surface area contributed by atoms with Crippen molar-refractivity contribution in [3.05, 3.63) is 53.2 Å². The molecule has 29 heavy (non-hydrogen) atoms. The molecule has 2 aromatic rings. The lowest BCUT2D eigenvalue weighted by Gasteiger charge is -2.31. The van der Waals surface area contributed by atoms with Crippen LogP contribution in [0.3, 0.4) is 0 Å². The van der Waals surface area contributed by atoms with Crippen LogP contribution in [0.25, 0.3) is 0 Å². The Morgan fingerprint density at radius 1 is 1.17 bits per heavy atom. The van der Waals surface area contributed by atoms with E-state index < -0.39 is 0 Å². The van der Waals surface area contributed by atoms with Gasteiger partial charge in [-0.2, -0.15) is 0 Å². The van der Waals surface area contributed by atoms with Crippen molar-refractivity contribution in [1.29, 1.82) is 0 Å². The number of benzene rings is 1. The Hall–Kier alpha value is -2.60. The highest BCUT2D eigenvalue weighted by Crippen LogP contribution is 2.29. The molecule has 0 saturated carbocycles. The van der Waals surface area contributed by atoms with Crippen molar-refractivity contribution in [2.75, 3.05) is 32.6 Å². The van der Waals surface area contributed by atoms with E-state index in [0.29, 0.717) is 30.1 Å². The number of nitrogens with one attached hydrogen (secondary N) is 1. The largest absolute Gasteiger partial charge is 0.481 e. The third kappa shape index (κ3) is 4.08. The molecule has 2 atom stereocenters. The number of ether oxygens (including phenoxy) is 1. The number of methoxy groups -OCH3 is 1. The number of carbonyl (C=O) groups excluding carboxylic acids is 1. The molecule has 6 heteroatoms. The van der Waals surface area contributed by atoms with Crippen molar-refractivity contribution in [1.82, 2.24) is 14.8 Å². The van der Waals surface area contributed by atoms with E-state index in [1.54, 1.807) is 25.4 Å². The van der Waals surface area contributed by atoms with Crippen LogP contribution in [0.4, 0.5) is 5.69 Å². The van der Waals surface area contributed by atoms with E-state index in [2.05, 4.69) is 47.4 Å². The van der Waals surface area contributed by atoms with Gasteiger partial charge in [0.25, 0.3) is 5.91 Å². The molecule has 2 aliphatic heterocycles. The SMILES string of the molecule is COc1ccc(C(=O)N2Cc3cccc(C)c3NCCC3CCC(C2)N3C)cn1. The number of carbonyl (C=O) groups is 1. The first-order valence-corrected chi connectivity index (χ1v) is 10.4. The molecule has 0 radical (unpaired) electrons. The lowest BCUT2D eigenvalue weighted by Crippen LogP contribution is -2.43. The minimum atomic E-state index is 0.0173. The average molecular weight is 395 g/mol. The first kappa shape index (κ1) is 19.7. The zero-order chi connectivity index (χ0) is 20.4. The van der Waals surface area contributed by atoms with Crippen LogP contribution < -0.4 is 10.1 Å². The van der Waals surface area contributed by atoms with Crippen LogP contribution in [-0.4, -0.2) is 60.0 Å². The Morgan fingerprint density at radius 3 is 2.76 bits per heavy atom. The van der Waals surface area contributed by atoms with E-state index in [-0.39, 0.29) is 5.91 Å². The van der Waals surface area contributed by atoms with Gasteiger partial charge in [0.2, 0.25) is 5.88 Å². The van der Waals surface area contributed by atoms with Crippen molar-refractivity contribution in [2.45, 2.75) is 44.8 Å². The van der Waals surface area contributed by atoms with E-state index >= 15 is 0 Å². The summed E-state index contributed by atoms with van der Waals surface area (Å²) < 4.78 is 5.14. The molecule has 1 aromatic carbocycles. The highest BCUT2D eigenvalue weighted by molar-refractivity contribution is 5.94. The van der Waals surface area contributed by atoms with E-state index in [9.17, 15) is 4.79 Å². The number of amides is 1. The first-order valence-electron chi connectivity index (χ1n) is 10.4. The summed E-state index contributed by atoms with van der Waals surface area (Å²) in [5, 5.41) is 3.65. The fraction of sp³-hybridized carbons (Fsp3) is 0.478. The van der Waals surface area contributed by atoms with Crippen LogP contribution in [0.5, 0.6) is 5.88 Å². The maximum absolute atomic E-state index is 13.4. The van der Waals surface area contributed by atoms with Crippen molar-refractivity contribution in [3.8, 4) is 5.88 Å². The molecular formula is C23H30N4O2. The Labute approximate surface area is 172 Å². The third-order valence-corrected chi connectivity index (χ3v) is 6.40. The van der Waals surface area contributed by atoms with Gasteiger partial charge in [0.05, 0.1) is 12.7 Å².